The lowest BCUT2D eigenvalue weighted by atomic mass is 9.68. The van der Waals surface area contributed by atoms with Crippen molar-refractivity contribution in [3.63, 3.8) is 0 Å². The first-order valence-electron chi connectivity index (χ1n) is 10.9. The Morgan fingerprint density at radius 3 is 2.62 bits per heavy atom. The molecule has 6 nitrogen and oxygen atoms in total. The van der Waals surface area contributed by atoms with Gasteiger partial charge in [0, 0.05) is 36.2 Å². The SMILES string of the molecule is O=C(Cc1c[nH]c2ccccc12)N1CCC(N2C(=O)C(O)C23CCCCC3)CC1. The van der Waals surface area contributed by atoms with Crippen molar-refractivity contribution in [3.8, 4) is 0 Å². The molecule has 1 saturated carbocycles. The third-order valence-corrected chi connectivity index (χ3v) is 7.38. The molecule has 1 aromatic carbocycles. The number of carbonyl (C=O) groups excluding carboxylic acids is 2. The van der Waals surface area contributed by atoms with Crippen LogP contribution in [0.5, 0.6) is 0 Å². The zero-order valence-electron chi connectivity index (χ0n) is 16.8. The molecule has 1 unspecified atom stereocenters. The highest BCUT2D eigenvalue weighted by molar-refractivity contribution is 5.91. The number of hydrogen-bond acceptors (Lipinski definition) is 3. The second-order valence-corrected chi connectivity index (χ2v) is 8.92. The Balaban J connectivity index is 1.22. The van der Waals surface area contributed by atoms with Crippen LogP contribution in [0.25, 0.3) is 10.9 Å². The van der Waals surface area contributed by atoms with Gasteiger partial charge in [0.2, 0.25) is 5.91 Å². The molecular formula is C23H29N3O3. The number of rotatable bonds is 3. The Kier molecular flexibility index (Phi) is 4.62. The molecule has 2 amide bonds. The number of H-pyrrole nitrogens is 1. The number of likely N-dealkylation sites (tertiary alicyclic amines) is 2. The van der Waals surface area contributed by atoms with Crippen molar-refractivity contribution < 1.29 is 14.7 Å². The van der Waals surface area contributed by atoms with Gasteiger partial charge in [0.25, 0.3) is 5.91 Å². The lowest BCUT2D eigenvalue weighted by Gasteiger charge is -2.61. The smallest absolute Gasteiger partial charge is 0.254 e. The summed E-state index contributed by atoms with van der Waals surface area (Å²) in [5.41, 5.74) is 1.77. The quantitative estimate of drug-likeness (QED) is 0.785. The number of nitrogens with zero attached hydrogens (tertiary/aromatic N) is 2. The van der Waals surface area contributed by atoms with Crippen molar-refractivity contribution in [2.75, 3.05) is 13.1 Å². The van der Waals surface area contributed by atoms with Gasteiger partial charge in [-0.3, -0.25) is 9.59 Å². The van der Waals surface area contributed by atoms with Gasteiger partial charge in [-0.2, -0.15) is 0 Å². The maximum Gasteiger partial charge on any atom is 0.254 e. The summed E-state index contributed by atoms with van der Waals surface area (Å²) in [6.45, 7) is 1.36. The third-order valence-electron chi connectivity index (χ3n) is 7.38. The largest absolute Gasteiger partial charge is 0.381 e. The van der Waals surface area contributed by atoms with Crippen molar-refractivity contribution in [2.24, 2.45) is 0 Å². The Bertz CT molecular complexity index is 922. The lowest BCUT2D eigenvalue weighted by Crippen LogP contribution is -2.77. The van der Waals surface area contributed by atoms with E-state index in [4.69, 9.17) is 0 Å². The minimum Gasteiger partial charge on any atom is -0.381 e. The molecule has 1 aliphatic carbocycles. The first-order valence-corrected chi connectivity index (χ1v) is 10.9. The summed E-state index contributed by atoms with van der Waals surface area (Å²) in [6, 6.07) is 8.21. The number of amides is 2. The second kappa shape index (κ2) is 7.17. The van der Waals surface area contributed by atoms with Crippen LogP contribution in [0.1, 0.15) is 50.5 Å². The molecule has 1 spiro atoms. The predicted octanol–water partition coefficient (Wildman–Crippen LogP) is 2.61. The maximum atomic E-state index is 12.9. The molecule has 154 valence electrons. The molecule has 2 N–H and O–H groups in total. The van der Waals surface area contributed by atoms with Gasteiger partial charge in [-0.05, 0) is 37.3 Å². The number of piperidine rings is 1. The molecule has 0 bridgehead atoms. The summed E-state index contributed by atoms with van der Waals surface area (Å²) in [6.07, 6.45) is 8.33. The van der Waals surface area contributed by atoms with Crippen LogP contribution in [0.15, 0.2) is 30.5 Å². The third kappa shape index (κ3) is 2.96. The van der Waals surface area contributed by atoms with E-state index in [1.807, 2.05) is 40.3 Å². The van der Waals surface area contributed by atoms with Crippen LogP contribution in [0.4, 0.5) is 0 Å². The summed E-state index contributed by atoms with van der Waals surface area (Å²) in [5, 5.41) is 11.5. The fourth-order valence-electron chi connectivity index (χ4n) is 5.79. The van der Waals surface area contributed by atoms with Crippen LogP contribution in [-0.2, 0) is 16.0 Å². The van der Waals surface area contributed by atoms with Gasteiger partial charge in [-0.15, -0.1) is 0 Å². The van der Waals surface area contributed by atoms with E-state index in [0.29, 0.717) is 19.5 Å². The number of benzene rings is 1. The van der Waals surface area contributed by atoms with E-state index >= 15 is 0 Å². The maximum absolute atomic E-state index is 12.9. The van der Waals surface area contributed by atoms with E-state index < -0.39 is 6.10 Å². The Labute approximate surface area is 170 Å². The van der Waals surface area contributed by atoms with Gasteiger partial charge < -0.3 is 19.9 Å². The molecular weight excluding hydrogens is 366 g/mol. The number of para-hydroxylation sites is 1. The zero-order chi connectivity index (χ0) is 20.0. The van der Waals surface area contributed by atoms with Crippen molar-refractivity contribution in [1.82, 2.24) is 14.8 Å². The molecule has 5 rings (SSSR count). The Morgan fingerprint density at radius 2 is 1.86 bits per heavy atom. The summed E-state index contributed by atoms with van der Waals surface area (Å²) in [4.78, 5) is 32.5. The van der Waals surface area contributed by atoms with E-state index in [1.165, 1.54) is 6.42 Å². The molecule has 0 radical (unpaired) electrons. The summed E-state index contributed by atoms with van der Waals surface area (Å²) in [5.74, 6) is 0.0472. The number of aliphatic hydroxyl groups is 1. The van der Waals surface area contributed by atoms with Gasteiger partial charge in [0.05, 0.1) is 12.0 Å². The van der Waals surface area contributed by atoms with Gasteiger partial charge >= 0.3 is 0 Å². The number of carbonyl (C=O) groups is 2. The number of hydrogen-bond donors (Lipinski definition) is 2. The monoisotopic (exact) mass is 395 g/mol. The highest BCUT2D eigenvalue weighted by atomic mass is 16.3. The molecule has 6 heteroatoms. The Hall–Kier alpha value is -2.34. The average molecular weight is 396 g/mol. The van der Waals surface area contributed by atoms with E-state index in [2.05, 4.69) is 4.98 Å². The molecule has 1 atom stereocenters. The predicted molar refractivity (Wildman–Crippen MR) is 110 cm³/mol. The molecule has 29 heavy (non-hydrogen) atoms. The average Bonchev–Trinajstić information content (AvgIpc) is 3.17. The van der Waals surface area contributed by atoms with E-state index in [-0.39, 0.29) is 23.4 Å². The summed E-state index contributed by atoms with van der Waals surface area (Å²) < 4.78 is 0. The standard InChI is InChI=1S/C23H29N3O3/c27-20(14-16-15-24-19-7-3-2-6-18(16)19)25-12-8-17(9-13-25)26-22(29)21(28)23(26)10-4-1-5-11-23/h2-3,6-7,15,17,21,24,28H,1,4-5,8-14H2. The van der Waals surface area contributed by atoms with Crippen LogP contribution < -0.4 is 0 Å². The van der Waals surface area contributed by atoms with Crippen LogP contribution >= 0.6 is 0 Å². The van der Waals surface area contributed by atoms with E-state index in [1.54, 1.807) is 0 Å². The van der Waals surface area contributed by atoms with Crippen LogP contribution in [0.3, 0.4) is 0 Å². The van der Waals surface area contributed by atoms with Gasteiger partial charge in [0.1, 0.15) is 0 Å². The van der Waals surface area contributed by atoms with Crippen LogP contribution in [-0.4, -0.2) is 62.5 Å². The normalized spacial score (nSPS) is 24.9. The number of aromatic nitrogens is 1. The minimum atomic E-state index is -0.815. The zero-order valence-corrected chi connectivity index (χ0v) is 16.8. The summed E-state index contributed by atoms with van der Waals surface area (Å²) in [7, 11) is 0. The molecule has 1 aromatic heterocycles. The number of β-lactam (4-membered cyclic amide) rings is 1. The fourth-order valence-corrected chi connectivity index (χ4v) is 5.79. The van der Waals surface area contributed by atoms with Gasteiger partial charge in [-0.1, -0.05) is 37.5 Å². The summed E-state index contributed by atoms with van der Waals surface area (Å²) >= 11 is 0. The number of aliphatic hydroxyl groups excluding tert-OH is 1. The van der Waals surface area contributed by atoms with E-state index in [9.17, 15) is 14.7 Å². The lowest BCUT2D eigenvalue weighted by molar-refractivity contribution is -0.201. The number of nitrogens with one attached hydrogen (secondary N) is 1. The van der Waals surface area contributed by atoms with Crippen LogP contribution in [0, 0.1) is 0 Å². The first kappa shape index (κ1) is 18.7. The van der Waals surface area contributed by atoms with Crippen molar-refractivity contribution in [3.05, 3.63) is 36.0 Å². The fraction of sp³-hybridized carbons (Fsp3) is 0.565. The first-order chi connectivity index (χ1) is 14.1. The van der Waals surface area contributed by atoms with Crippen molar-refractivity contribution in [2.45, 2.75) is 69.1 Å². The highest BCUT2D eigenvalue weighted by Crippen LogP contribution is 2.46. The minimum absolute atomic E-state index is 0.101. The highest BCUT2D eigenvalue weighted by Gasteiger charge is 2.61. The Morgan fingerprint density at radius 1 is 1.14 bits per heavy atom. The number of aromatic amines is 1. The second-order valence-electron chi connectivity index (χ2n) is 8.92. The van der Waals surface area contributed by atoms with Crippen LogP contribution in [0.2, 0.25) is 0 Å². The topological polar surface area (TPSA) is 76.6 Å². The van der Waals surface area contributed by atoms with Gasteiger partial charge in [-0.25, -0.2) is 0 Å². The van der Waals surface area contributed by atoms with Crippen molar-refractivity contribution >= 4 is 22.7 Å². The van der Waals surface area contributed by atoms with Gasteiger partial charge in [0.15, 0.2) is 6.10 Å². The molecule has 2 aliphatic heterocycles. The molecule has 2 aromatic rings. The van der Waals surface area contributed by atoms with Crippen molar-refractivity contribution in [1.29, 1.82) is 0 Å². The molecule has 3 fully saturated rings. The van der Waals surface area contributed by atoms with E-state index in [0.717, 1.165) is 55.0 Å². The molecule has 3 heterocycles. The number of fused-ring (bicyclic) bond motifs is 1. The molecule has 2 saturated heterocycles. The molecule has 3 aliphatic rings.